The molecule has 1 saturated heterocycles. The van der Waals surface area contributed by atoms with Crippen molar-refractivity contribution in [3.8, 4) is 0 Å². The molecule has 0 spiro atoms. The van der Waals surface area contributed by atoms with Gasteiger partial charge in [-0.25, -0.2) is 0 Å². The van der Waals surface area contributed by atoms with Gasteiger partial charge in [-0.3, -0.25) is 9.59 Å². The third kappa shape index (κ3) is 3.95. The Labute approximate surface area is 120 Å². The largest absolute Gasteiger partial charge is 0.481 e. The molecule has 2 aliphatic rings. The smallest absolute Gasteiger partial charge is 0.306 e. The second-order valence-corrected chi connectivity index (χ2v) is 6.27. The summed E-state index contributed by atoms with van der Waals surface area (Å²) in [7, 11) is 2.11. The average Bonchev–Trinajstić information content (AvgIpc) is 2.46. The van der Waals surface area contributed by atoms with Crippen LogP contribution < -0.4 is 5.32 Å². The quantitative estimate of drug-likeness (QED) is 0.819. The van der Waals surface area contributed by atoms with E-state index < -0.39 is 5.97 Å². The van der Waals surface area contributed by atoms with Crippen LogP contribution in [0.5, 0.6) is 0 Å². The van der Waals surface area contributed by atoms with Crippen LogP contribution in [0.25, 0.3) is 0 Å². The molecule has 0 aromatic rings. The molecule has 2 N–H and O–H groups in total. The van der Waals surface area contributed by atoms with Gasteiger partial charge in [0, 0.05) is 18.5 Å². The molecule has 1 heterocycles. The Morgan fingerprint density at radius 1 is 1.15 bits per heavy atom. The SMILES string of the molecule is CN1CCCCC1CNC(=O)C1CCCC(C(=O)O)C1. The summed E-state index contributed by atoms with van der Waals surface area (Å²) in [5.74, 6) is -1.15. The molecule has 2 fully saturated rings. The van der Waals surface area contributed by atoms with Gasteiger partial charge in [-0.1, -0.05) is 12.8 Å². The van der Waals surface area contributed by atoms with Gasteiger partial charge in [-0.2, -0.15) is 0 Å². The Hall–Kier alpha value is -1.10. The lowest BCUT2D eigenvalue weighted by molar-refractivity contribution is -0.144. The normalized spacial score (nSPS) is 31.8. The number of likely N-dealkylation sites (N-methyl/N-ethyl adjacent to an activating group) is 1. The number of hydrogen-bond donors (Lipinski definition) is 2. The maximum absolute atomic E-state index is 12.2. The van der Waals surface area contributed by atoms with Crippen LogP contribution in [0.2, 0.25) is 0 Å². The van der Waals surface area contributed by atoms with Crippen molar-refractivity contribution in [1.82, 2.24) is 10.2 Å². The molecule has 20 heavy (non-hydrogen) atoms. The van der Waals surface area contributed by atoms with Gasteiger partial charge in [-0.05, 0) is 45.7 Å². The maximum Gasteiger partial charge on any atom is 0.306 e. The number of nitrogens with one attached hydrogen (secondary N) is 1. The van der Waals surface area contributed by atoms with E-state index in [4.69, 9.17) is 5.11 Å². The fourth-order valence-electron chi connectivity index (χ4n) is 3.42. The fourth-order valence-corrected chi connectivity index (χ4v) is 3.42. The minimum atomic E-state index is -0.755. The molecular weight excluding hydrogens is 256 g/mol. The number of rotatable bonds is 4. The second-order valence-electron chi connectivity index (χ2n) is 6.27. The van der Waals surface area contributed by atoms with Gasteiger partial charge in [0.15, 0.2) is 0 Å². The van der Waals surface area contributed by atoms with Gasteiger partial charge in [0.25, 0.3) is 0 Å². The predicted octanol–water partition coefficient (Wildman–Crippen LogP) is 1.48. The van der Waals surface area contributed by atoms with E-state index in [2.05, 4.69) is 17.3 Å². The van der Waals surface area contributed by atoms with E-state index in [0.29, 0.717) is 25.4 Å². The summed E-state index contributed by atoms with van der Waals surface area (Å²) in [6, 6.07) is 0.437. The molecule has 5 heteroatoms. The van der Waals surface area contributed by atoms with E-state index in [9.17, 15) is 9.59 Å². The van der Waals surface area contributed by atoms with Crippen molar-refractivity contribution < 1.29 is 14.7 Å². The molecule has 3 atom stereocenters. The van der Waals surface area contributed by atoms with Crippen LogP contribution in [0.4, 0.5) is 0 Å². The van der Waals surface area contributed by atoms with Gasteiger partial charge < -0.3 is 15.3 Å². The molecule has 1 aliphatic heterocycles. The summed E-state index contributed by atoms with van der Waals surface area (Å²) in [6.07, 6.45) is 6.50. The minimum absolute atomic E-state index is 0.0509. The maximum atomic E-state index is 12.2. The van der Waals surface area contributed by atoms with Gasteiger partial charge in [0.1, 0.15) is 0 Å². The lowest BCUT2D eigenvalue weighted by Crippen LogP contribution is -2.46. The zero-order valence-corrected chi connectivity index (χ0v) is 12.3. The fraction of sp³-hybridized carbons (Fsp3) is 0.867. The van der Waals surface area contributed by atoms with Gasteiger partial charge in [0.05, 0.1) is 5.92 Å². The Morgan fingerprint density at radius 2 is 1.90 bits per heavy atom. The van der Waals surface area contributed by atoms with Crippen molar-refractivity contribution in [1.29, 1.82) is 0 Å². The van der Waals surface area contributed by atoms with Crippen molar-refractivity contribution in [2.24, 2.45) is 11.8 Å². The predicted molar refractivity (Wildman–Crippen MR) is 76.4 cm³/mol. The van der Waals surface area contributed by atoms with E-state index in [1.165, 1.54) is 12.8 Å². The Balaban J connectivity index is 1.77. The standard InChI is InChI=1S/C15H26N2O3/c1-17-8-3-2-7-13(17)10-16-14(18)11-5-4-6-12(9-11)15(19)20/h11-13H,2-10H2,1H3,(H,16,18)(H,19,20). The number of nitrogens with zero attached hydrogens (tertiary/aromatic N) is 1. The molecule has 1 aliphatic carbocycles. The van der Waals surface area contributed by atoms with Crippen molar-refractivity contribution in [3.63, 3.8) is 0 Å². The first kappa shape index (κ1) is 15.3. The second kappa shape index (κ2) is 7.07. The lowest BCUT2D eigenvalue weighted by atomic mass is 9.81. The van der Waals surface area contributed by atoms with E-state index in [0.717, 1.165) is 25.8 Å². The molecule has 1 amide bonds. The van der Waals surface area contributed by atoms with Gasteiger partial charge >= 0.3 is 5.97 Å². The van der Waals surface area contributed by atoms with E-state index in [1.807, 2.05) is 0 Å². The average molecular weight is 282 g/mol. The highest BCUT2D eigenvalue weighted by atomic mass is 16.4. The third-order valence-electron chi connectivity index (χ3n) is 4.83. The van der Waals surface area contributed by atoms with Crippen LogP contribution >= 0.6 is 0 Å². The van der Waals surface area contributed by atoms with Crippen molar-refractivity contribution in [2.75, 3.05) is 20.1 Å². The molecule has 0 bridgehead atoms. The summed E-state index contributed by atoms with van der Waals surface area (Å²) in [4.78, 5) is 25.5. The first-order valence-electron chi connectivity index (χ1n) is 7.78. The first-order valence-corrected chi connectivity index (χ1v) is 7.78. The number of amides is 1. The lowest BCUT2D eigenvalue weighted by Gasteiger charge is -2.33. The number of piperidine rings is 1. The van der Waals surface area contributed by atoms with E-state index in [-0.39, 0.29) is 17.7 Å². The van der Waals surface area contributed by atoms with Crippen LogP contribution in [0.3, 0.4) is 0 Å². The Kier molecular flexibility index (Phi) is 5.40. The Morgan fingerprint density at radius 3 is 2.60 bits per heavy atom. The number of likely N-dealkylation sites (tertiary alicyclic amines) is 1. The highest BCUT2D eigenvalue weighted by Crippen LogP contribution is 2.29. The van der Waals surface area contributed by atoms with Gasteiger partial charge in [-0.15, -0.1) is 0 Å². The number of carbonyl (C=O) groups excluding carboxylic acids is 1. The number of hydrogen-bond acceptors (Lipinski definition) is 3. The third-order valence-corrected chi connectivity index (χ3v) is 4.83. The molecule has 0 aromatic heterocycles. The van der Waals surface area contributed by atoms with Crippen LogP contribution in [0, 0.1) is 11.8 Å². The number of aliphatic carboxylic acids is 1. The zero-order valence-electron chi connectivity index (χ0n) is 12.3. The highest BCUT2D eigenvalue weighted by Gasteiger charge is 2.31. The minimum Gasteiger partial charge on any atom is -0.481 e. The monoisotopic (exact) mass is 282 g/mol. The van der Waals surface area contributed by atoms with E-state index in [1.54, 1.807) is 0 Å². The summed E-state index contributed by atoms with van der Waals surface area (Å²) in [5.41, 5.74) is 0. The van der Waals surface area contributed by atoms with Crippen LogP contribution in [-0.4, -0.2) is 48.1 Å². The molecule has 1 saturated carbocycles. The van der Waals surface area contributed by atoms with Crippen molar-refractivity contribution in [2.45, 2.75) is 51.0 Å². The number of carbonyl (C=O) groups is 2. The molecule has 2 rings (SSSR count). The molecular formula is C15H26N2O3. The topological polar surface area (TPSA) is 69.6 Å². The van der Waals surface area contributed by atoms with Crippen LogP contribution in [0.1, 0.15) is 44.9 Å². The Bertz CT molecular complexity index is 359. The summed E-state index contributed by atoms with van der Waals surface area (Å²) >= 11 is 0. The first-order chi connectivity index (χ1) is 9.58. The van der Waals surface area contributed by atoms with Crippen LogP contribution in [-0.2, 0) is 9.59 Å². The molecule has 3 unspecified atom stereocenters. The van der Waals surface area contributed by atoms with Crippen molar-refractivity contribution >= 4 is 11.9 Å². The van der Waals surface area contributed by atoms with E-state index >= 15 is 0 Å². The molecule has 5 nitrogen and oxygen atoms in total. The summed E-state index contributed by atoms with van der Waals surface area (Å²) in [6.45, 7) is 1.80. The summed E-state index contributed by atoms with van der Waals surface area (Å²) < 4.78 is 0. The molecule has 114 valence electrons. The van der Waals surface area contributed by atoms with Crippen molar-refractivity contribution in [3.05, 3.63) is 0 Å². The molecule has 0 aromatic carbocycles. The van der Waals surface area contributed by atoms with Gasteiger partial charge in [0.2, 0.25) is 5.91 Å². The number of carboxylic acid groups (broad SMARTS) is 1. The zero-order chi connectivity index (χ0) is 14.5. The summed E-state index contributed by atoms with van der Waals surface area (Å²) in [5, 5.41) is 12.1. The number of carboxylic acids is 1. The molecule has 0 radical (unpaired) electrons. The van der Waals surface area contributed by atoms with Crippen LogP contribution in [0.15, 0.2) is 0 Å². The highest BCUT2D eigenvalue weighted by molar-refractivity contribution is 5.80.